The van der Waals surface area contributed by atoms with Gasteiger partial charge in [-0.2, -0.15) is 13.2 Å². The predicted molar refractivity (Wildman–Crippen MR) is 107 cm³/mol. The van der Waals surface area contributed by atoms with Crippen LogP contribution in [0.1, 0.15) is 35.3 Å². The molecule has 156 valence electrons. The quantitative estimate of drug-likeness (QED) is 0.461. The summed E-state index contributed by atoms with van der Waals surface area (Å²) in [5.74, 6) is -2.08. The zero-order chi connectivity index (χ0) is 21.8. The number of hydrogen-bond acceptors (Lipinski definition) is 3. The Morgan fingerprint density at radius 2 is 1.86 bits per heavy atom. The number of alkyl halides is 4. The Morgan fingerprint density at radius 3 is 2.41 bits per heavy atom. The third kappa shape index (κ3) is 6.08. The summed E-state index contributed by atoms with van der Waals surface area (Å²) in [5, 5.41) is 4.77. The lowest BCUT2D eigenvalue weighted by atomic mass is 9.93. The van der Waals surface area contributed by atoms with Gasteiger partial charge in [0.15, 0.2) is 5.15 Å². The number of benzene rings is 1. The fourth-order valence-corrected chi connectivity index (χ4v) is 2.89. The third-order valence-corrected chi connectivity index (χ3v) is 4.38. The van der Waals surface area contributed by atoms with Crippen molar-refractivity contribution in [3.8, 4) is 0 Å². The van der Waals surface area contributed by atoms with Crippen molar-refractivity contribution >= 4 is 46.4 Å². The number of pyridine rings is 1. The second-order valence-corrected chi connectivity index (χ2v) is 7.25. The minimum atomic E-state index is -4.73. The smallest absolute Gasteiger partial charge is 0.325 e. The van der Waals surface area contributed by atoms with Crippen LogP contribution in [0.25, 0.3) is 0 Å². The monoisotopic (exact) mass is 447 g/mol. The molecule has 2 aromatic rings. The fraction of sp³-hybridized carbons (Fsp3) is 0.316. The van der Waals surface area contributed by atoms with Gasteiger partial charge in [0, 0.05) is 17.4 Å². The Bertz CT molecular complexity index is 918. The highest BCUT2D eigenvalue weighted by molar-refractivity contribution is 6.32. The molecule has 1 aromatic carbocycles. The molecule has 0 spiro atoms. The third-order valence-electron chi connectivity index (χ3n) is 3.83. The standard InChI is InChI=1S/C19H18Cl2F3N3O2/c1-10(2)6-12-13(19(22,23)24)7-11(8-15(12)26-16(28)9-20)18(29)27-14-4-3-5-25-17(14)21/h3-5,7-8,10H,6,9H2,1-2H3,(H,26,28)(H,27,29). The van der Waals surface area contributed by atoms with Crippen LogP contribution in [-0.4, -0.2) is 22.7 Å². The van der Waals surface area contributed by atoms with Gasteiger partial charge < -0.3 is 10.6 Å². The van der Waals surface area contributed by atoms with E-state index in [0.29, 0.717) is 0 Å². The molecule has 0 atom stereocenters. The molecule has 0 fully saturated rings. The maximum Gasteiger partial charge on any atom is 0.416 e. The molecule has 1 aromatic heterocycles. The molecule has 1 heterocycles. The number of rotatable bonds is 6. The van der Waals surface area contributed by atoms with Crippen LogP contribution in [0.5, 0.6) is 0 Å². The Labute approximate surface area is 175 Å². The molecule has 0 unspecified atom stereocenters. The zero-order valence-corrected chi connectivity index (χ0v) is 17.0. The minimum Gasteiger partial charge on any atom is -0.325 e. The number of halogens is 5. The molecule has 5 nitrogen and oxygen atoms in total. The predicted octanol–water partition coefficient (Wildman–Crippen LogP) is 5.38. The van der Waals surface area contributed by atoms with Gasteiger partial charge in [0.25, 0.3) is 5.91 Å². The molecule has 0 aliphatic rings. The van der Waals surface area contributed by atoms with E-state index in [1.165, 1.54) is 24.4 Å². The molecule has 2 rings (SSSR count). The molecule has 0 radical (unpaired) electrons. The number of carbonyl (C=O) groups excluding carboxylic acids is 2. The average Bonchev–Trinajstić information content (AvgIpc) is 2.63. The second-order valence-electron chi connectivity index (χ2n) is 6.62. The van der Waals surface area contributed by atoms with E-state index in [0.717, 1.165) is 6.07 Å². The van der Waals surface area contributed by atoms with Crippen molar-refractivity contribution in [1.29, 1.82) is 0 Å². The van der Waals surface area contributed by atoms with E-state index in [1.807, 2.05) is 0 Å². The number of nitrogens with zero attached hydrogens (tertiary/aromatic N) is 1. The van der Waals surface area contributed by atoms with Gasteiger partial charge in [0.1, 0.15) is 5.88 Å². The lowest BCUT2D eigenvalue weighted by Crippen LogP contribution is -2.21. The molecule has 2 N–H and O–H groups in total. The lowest BCUT2D eigenvalue weighted by Gasteiger charge is -2.20. The van der Waals surface area contributed by atoms with E-state index in [-0.39, 0.29) is 40.0 Å². The van der Waals surface area contributed by atoms with Gasteiger partial charge in [-0.1, -0.05) is 25.4 Å². The van der Waals surface area contributed by atoms with E-state index in [2.05, 4.69) is 15.6 Å². The summed E-state index contributed by atoms with van der Waals surface area (Å²) in [7, 11) is 0. The SMILES string of the molecule is CC(C)Cc1c(NC(=O)CCl)cc(C(=O)Nc2cccnc2Cl)cc1C(F)(F)F. The Kier molecular flexibility index (Phi) is 7.48. The summed E-state index contributed by atoms with van der Waals surface area (Å²) < 4.78 is 41.2. The molecule has 0 aliphatic heterocycles. The van der Waals surface area contributed by atoms with Gasteiger partial charge in [-0.25, -0.2) is 4.98 Å². The topological polar surface area (TPSA) is 71.1 Å². The van der Waals surface area contributed by atoms with Crippen LogP contribution in [0.4, 0.5) is 24.5 Å². The molecule has 2 amide bonds. The summed E-state index contributed by atoms with van der Waals surface area (Å²) in [6, 6.07) is 4.92. The van der Waals surface area contributed by atoms with Crippen molar-refractivity contribution in [2.24, 2.45) is 5.92 Å². The first kappa shape index (κ1) is 23.0. The van der Waals surface area contributed by atoms with Gasteiger partial charge in [0.2, 0.25) is 5.91 Å². The van der Waals surface area contributed by atoms with Gasteiger partial charge in [0.05, 0.1) is 11.3 Å². The molecular formula is C19H18Cl2F3N3O2. The molecule has 0 saturated heterocycles. The maximum absolute atomic E-state index is 13.7. The summed E-state index contributed by atoms with van der Waals surface area (Å²) >= 11 is 11.4. The number of nitrogens with one attached hydrogen (secondary N) is 2. The van der Waals surface area contributed by atoms with Crippen molar-refractivity contribution in [2.75, 3.05) is 16.5 Å². The lowest BCUT2D eigenvalue weighted by molar-refractivity contribution is -0.138. The summed E-state index contributed by atoms with van der Waals surface area (Å²) in [6.07, 6.45) is -3.28. The van der Waals surface area contributed by atoms with Gasteiger partial charge in [-0.05, 0) is 42.2 Å². The van der Waals surface area contributed by atoms with Crippen molar-refractivity contribution in [1.82, 2.24) is 4.98 Å². The van der Waals surface area contributed by atoms with Crippen LogP contribution in [0.3, 0.4) is 0 Å². The van der Waals surface area contributed by atoms with Crippen LogP contribution in [0.15, 0.2) is 30.5 Å². The van der Waals surface area contributed by atoms with E-state index in [9.17, 15) is 22.8 Å². The number of amides is 2. The van der Waals surface area contributed by atoms with Crippen LogP contribution in [0.2, 0.25) is 5.15 Å². The summed E-state index contributed by atoms with van der Waals surface area (Å²) in [4.78, 5) is 28.1. The van der Waals surface area contributed by atoms with E-state index >= 15 is 0 Å². The van der Waals surface area contributed by atoms with Gasteiger partial charge >= 0.3 is 6.18 Å². The molecule has 0 aliphatic carbocycles. The zero-order valence-electron chi connectivity index (χ0n) is 15.5. The molecule has 0 bridgehead atoms. The van der Waals surface area contributed by atoms with Crippen molar-refractivity contribution in [2.45, 2.75) is 26.4 Å². The van der Waals surface area contributed by atoms with E-state index in [4.69, 9.17) is 23.2 Å². The number of anilines is 2. The van der Waals surface area contributed by atoms with Crippen molar-refractivity contribution < 1.29 is 22.8 Å². The summed E-state index contributed by atoms with van der Waals surface area (Å²) in [5.41, 5.74) is -1.37. The highest BCUT2D eigenvalue weighted by atomic mass is 35.5. The highest BCUT2D eigenvalue weighted by Crippen LogP contribution is 2.38. The Hall–Kier alpha value is -2.32. The first-order valence-electron chi connectivity index (χ1n) is 8.54. The van der Waals surface area contributed by atoms with E-state index < -0.39 is 29.4 Å². The first-order chi connectivity index (χ1) is 13.5. The summed E-state index contributed by atoms with van der Waals surface area (Å²) in [6.45, 7) is 3.50. The van der Waals surface area contributed by atoms with Crippen molar-refractivity contribution in [3.05, 3.63) is 52.3 Å². The minimum absolute atomic E-state index is 0.0102. The Balaban J connectivity index is 2.57. The molecular weight excluding hydrogens is 430 g/mol. The molecule has 10 heteroatoms. The highest BCUT2D eigenvalue weighted by Gasteiger charge is 2.36. The molecule has 29 heavy (non-hydrogen) atoms. The first-order valence-corrected chi connectivity index (χ1v) is 9.46. The largest absolute Gasteiger partial charge is 0.416 e. The van der Waals surface area contributed by atoms with Gasteiger partial charge in [-0.3, -0.25) is 9.59 Å². The number of carbonyl (C=O) groups is 2. The van der Waals surface area contributed by atoms with Gasteiger partial charge in [-0.15, -0.1) is 11.6 Å². The Morgan fingerprint density at radius 1 is 1.17 bits per heavy atom. The number of hydrogen-bond donors (Lipinski definition) is 2. The van der Waals surface area contributed by atoms with Crippen LogP contribution in [0, 0.1) is 5.92 Å². The van der Waals surface area contributed by atoms with Crippen LogP contribution >= 0.6 is 23.2 Å². The maximum atomic E-state index is 13.7. The normalized spacial score (nSPS) is 11.4. The molecule has 0 saturated carbocycles. The van der Waals surface area contributed by atoms with Crippen molar-refractivity contribution in [3.63, 3.8) is 0 Å². The number of aromatic nitrogens is 1. The second kappa shape index (κ2) is 9.45. The fourth-order valence-electron chi connectivity index (χ4n) is 2.65. The van der Waals surface area contributed by atoms with Crippen LogP contribution < -0.4 is 10.6 Å². The van der Waals surface area contributed by atoms with Crippen LogP contribution in [-0.2, 0) is 17.4 Å². The van der Waals surface area contributed by atoms with E-state index in [1.54, 1.807) is 13.8 Å². The average molecular weight is 448 g/mol.